The molecule has 212 valence electrons. The average molecular weight is 549 g/mol. The highest BCUT2D eigenvalue weighted by Crippen LogP contribution is 2.32. The van der Waals surface area contributed by atoms with Gasteiger partial charge in [-0.1, -0.05) is 12.1 Å². The van der Waals surface area contributed by atoms with Crippen LogP contribution >= 0.6 is 0 Å². The van der Waals surface area contributed by atoms with Gasteiger partial charge in [-0.2, -0.15) is 0 Å². The van der Waals surface area contributed by atoms with Crippen molar-refractivity contribution < 1.29 is 59.2 Å². The van der Waals surface area contributed by atoms with Gasteiger partial charge in [0.05, 0.1) is 20.0 Å². The fourth-order valence-electron chi connectivity index (χ4n) is 3.99. The maximum atomic E-state index is 12.3. The van der Waals surface area contributed by atoms with Gasteiger partial charge in [0.15, 0.2) is 34.9 Å². The fourth-order valence-corrected chi connectivity index (χ4v) is 3.99. The first-order valence-corrected chi connectivity index (χ1v) is 12.1. The van der Waals surface area contributed by atoms with Crippen LogP contribution in [0.3, 0.4) is 0 Å². The second-order valence-corrected chi connectivity index (χ2v) is 8.95. The van der Waals surface area contributed by atoms with E-state index < -0.39 is 36.7 Å². The molecule has 1 fully saturated rings. The number of phenolic OH excluding ortho intramolecular Hbond substituents is 1. The van der Waals surface area contributed by atoms with E-state index in [1.165, 1.54) is 32.4 Å². The lowest BCUT2D eigenvalue weighted by molar-refractivity contribution is -0.271. The number of aliphatic hydroxyl groups is 4. The van der Waals surface area contributed by atoms with Gasteiger partial charge in [-0.3, -0.25) is 4.79 Å². The van der Waals surface area contributed by atoms with Crippen molar-refractivity contribution in [1.82, 2.24) is 0 Å². The number of methoxy groups -OCH3 is 2. The van der Waals surface area contributed by atoms with Gasteiger partial charge >= 0.3 is 5.97 Å². The number of carbonyl (C=O) groups excluding carboxylic acids is 1. The van der Waals surface area contributed by atoms with Crippen LogP contribution in [0.1, 0.15) is 24.0 Å². The third kappa shape index (κ3) is 7.60. The zero-order valence-electron chi connectivity index (χ0n) is 21.4. The summed E-state index contributed by atoms with van der Waals surface area (Å²) in [4.78, 5) is 23.6. The molecule has 0 aliphatic carbocycles. The lowest BCUT2D eigenvalue weighted by atomic mass is 9.99. The van der Waals surface area contributed by atoms with Crippen molar-refractivity contribution in [2.75, 3.05) is 14.2 Å². The highest BCUT2D eigenvalue weighted by molar-refractivity contribution is 5.90. The molecular weight excluding hydrogens is 516 g/mol. The molecule has 0 saturated carbocycles. The van der Waals surface area contributed by atoms with Crippen molar-refractivity contribution in [2.24, 2.45) is 0 Å². The number of phenols is 1. The van der Waals surface area contributed by atoms with E-state index in [4.69, 9.17) is 18.9 Å². The van der Waals surface area contributed by atoms with Gasteiger partial charge in [0.2, 0.25) is 6.29 Å². The molecule has 5 atom stereocenters. The molecule has 0 aromatic heterocycles. The number of ketones is 1. The molecular formula is C27H32O12. The van der Waals surface area contributed by atoms with Crippen LogP contribution in [0.15, 0.2) is 48.2 Å². The summed E-state index contributed by atoms with van der Waals surface area (Å²) in [6.45, 7) is 0. The summed E-state index contributed by atoms with van der Waals surface area (Å²) in [6, 6.07) is 9.53. The van der Waals surface area contributed by atoms with Crippen LogP contribution in [0.25, 0.3) is 0 Å². The number of ether oxygens (including phenoxy) is 4. The summed E-state index contributed by atoms with van der Waals surface area (Å²) in [6.07, 6.45) is -6.54. The lowest BCUT2D eigenvalue weighted by Crippen LogP contribution is -2.61. The molecule has 6 N–H and O–H groups in total. The van der Waals surface area contributed by atoms with Crippen LogP contribution in [0.4, 0.5) is 0 Å². The smallest absolute Gasteiger partial charge is 0.335 e. The number of benzene rings is 2. The Morgan fingerprint density at radius 2 is 1.46 bits per heavy atom. The lowest BCUT2D eigenvalue weighted by Gasteiger charge is -2.38. The van der Waals surface area contributed by atoms with Gasteiger partial charge in [-0.25, -0.2) is 4.79 Å². The van der Waals surface area contributed by atoms with Gasteiger partial charge in [0.25, 0.3) is 0 Å². The van der Waals surface area contributed by atoms with E-state index in [-0.39, 0.29) is 41.6 Å². The average Bonchev–Trinajstić information content (AvgIpc) is 2.91. The molecule has 12 heteroatoms. The second kappa shape index (κ2) is 13.3. The number of aliphatic carboxylic acids is 1. The third-order valence-electron chi connectivity index (χ3n) is 6.19. The van der Waals surface area contributed by atoms with E-state index in [2.05, 4.69) is 0 Å². The first-order valence-electron chi connectivity index (χ1n) is 12.1. The Hall–Kier alpha value is -3.84. The molecule has 1 saturated heterocycles. The van der Waals surface area contributed by atoms with Crippen molar-refractivity contribution in [3.63, 3.8) is 0 Å². The SMILES string of the molecule is COc1cc(CCC(=O)C=C(O)CCc2ccc(OC3OC(C(=O)O)C(O)C(O)C3O)c(OC)c2)ccc1O. The van der Waals surface area contributed by atoms with E-state index in [1.807, 2.05) is 0 Å². The van der Waals surface area contributed by atoms with Crippen molar-refractivity contribution in [3.05, 3.63) is 59.4 Å². The largest absolute Gasteiger partial charge is 0.512 e. The normalized spacial score (nSPS) is 23.2. The number of rotatable bonds is 12. The van der Waals surface area contributed by atoms with Crippen LogP contribution in [0, 0.1) is 0 Å². The molecule has 12 nitrogen and oxygen atoms in total. The Kier molecular flexibility index (Phi) is 10.1. The van der Waals surface area contributed by atoms with Crippen molar-refractivity contribution in [1.29, 1.82) is 0 Å². The Morgan fingerprint density at radius 3 is 2.10 bits per heavy atom. The second-order valence-electron chi connectivity index (χ2n) is 8.95. The highest BCUT2D eigenvalue weighted by Gasteiger charge is 2.48. The summed E-state index contributed by atoms with van der Waals surface area (Å²) in [5, 5.41) is 59.0. The van der Waals surface area contributed by atoms with Gasteiger partial charge in [-0.15, -0.1) is 0 Å². The van der Waals surface area contributed by atoms with Crippen LogP contribution in [-0.4, -0.2) is 87.3 Å². The van der Waals surface area contributed by atoms with Crippen LogP contribution in [0.5, 0.6) is 23.0 Å². The van der Waals surface area contributed by atoms with E-state index in [0.29, 0.717) is 24.2 Å². The maximum Gasteiger partial charge on any atom is 0.335 e. The van der Waals surface area contributed by atoms with Gasteiger partial charge in [-0.05, 0) is 48.2 Å². The van der Waals surface area contributed by atoms with E-state index in [0.717, 1.165) is 5.56 Å². The molecule has 0 radical (unpaired) electrons. The first-order chi connectivity index (χ1) is 18.5. The third-order valence-corrected chi connectivity index (χ3v) is 6.19. The quantitative estimate of drug-likeness (QED) is 0.165. The first kappa shape index (κ1) is 29.7. The summed E-state index contributed by atoms with van der Waals surface area (Å²) in [5.41, 5.74) is 1.52. The molecule has 0 bridgehead atoms. The fraction of sp³-hybridized carbons (Fsp3) is 0.407. The zero-order chi connectivity index (χ0) is 28.7. The highest BCUT2D eigenvalue weighted by atomic mass is 16.7. The van der Waals surface area contributed by atoms with Gasteiger partial charge in [0, 0.05) is 18.9 Å². The molecule has 2 aromatic rings. The summed E-state index contributed by atoms with van der Waals surface area (Å²) in [5.74, 6) is -1.29. The number of aromatic hydroxyl groups is 1. The van der Waals surface area contributed by atoms with Gasteiger partial charge < -0.3 is 49.6 Å². The van der Waals surface area contributed by atoms with Crippen molar-refractivity contribution >= 4 is 11.8 Å². The van der Waals surface area contributed by atoms with Crippen LogP contribution < -0.4 is 14.2 Å². The molecule has 0 spiro atoms. The number of carboxylic acid groups (broad SMARTS) is 1. The van der Waals surface area contributed by atoms with E-state index >= 15 is 0 Å². The predicted molar refractivity (Wildman–Crippen MR) is 135 cm³/mol. The Balaban J connectivity index is 1.57. The molecule has 39 heavy (non-hydrogen) atoms. The predicted octanol–water partition coefficient (Wildman–Crippen LogP) is 1.26. The Labute approximate surface area is 224 Å². The topological polar surface area (TPSA) is 192 Å². The summed E-state index contributed by atoms with van der Waals surface area (Å²) in [7, 11) is 2.80. The molecule has 3 rings (SSSR count). The number of hydrogen-bond donors (Lipinski definition) is 6. The van der Waals surface area contributed by atoms with Gasteiger partial charge in [0.1, 0.15) is 18.3 Å². The number of carboxylic acids is 1. The molecule has 1 aliphatic heterocycles. The minimum Gasteiger partial charge on any atom is -0.512 e. The molecule has 0 amide bonds. The Bertz CT molecular complexity index is 1190. The standard InChI is InChI=1S/C27H32O12/c1-36-20-11-14(5-9-18(20)30)3-7-16(28)13-17(29)8-4-15-6-10-19(21(12-15)37-2)38-27-24(33)22(31)23(32)25(39-27)26(34)35/h5-6,9-13,22-25,27,29-33H,3-4,7-8H2,1-2H3,(H,34,35). The van der Waals surface area contributed by atoms with Crippen molar-refractivity contribution in [3.8, 4) is 23.0 Å². The Morgan fingerprint density at radius 1 is 0.846 bits per heavy atom. The maximum absolute atomic E-state index is 12.3. The van der Waals surface area contributed by atoms with E-state index in [1.54, 1.807) is 24.3 Å². The van der Waals surface area contributed by atoms with Crippen LogP contribution in [0.2, 0.25) is 0 Å². The van der Waals surface area contributed by atoms with Crippen LogP contribution in [-0.2, 0) is 27.2 Å². The molecule has 5 unspecified atom stereocenters. The molecule has 1 heterocycles. The number of aryl methyl sites for hydroxylation is 2. The zero-order valence-corrected chi connectivity index (χ0v) is 21.4. The van der Waals surface area contributed by atoms with E-state index in [9.17, 15) is 40.2 Å². The van der Waals surface area contributed by atoms with Crippen molar-refractivity contribution in [2.45, 2.75) is 56.4 Å². The monoisotopic (exact) mass is 548 g/mol. The number of aliphatic hydroxyl groups excluding tert-OH is 4. The summed E-state index contributed by atoms with van der Waals surface area (Å²) >= 11 is 0. The molecule has 2 aromatic carbocycles. The number of carbonyl (C=O) groups is 2. The minimum absolute atomic E-state index is 0.00622. The number of allylic oxidation sites excluding steroid dienone is 2. The minimum atomic E-state index is -1.84. The summed E-state index contributed by atoms with van der Waals surface area (Å²) < 4.78 is 21.0. The molecule has 1 aliphatic rings. The number of hydrogen-bond acceptors (Lipinski definition) is 11.